The third-order valence-corrected chi connectivity index (χ3v) is 17.8. The van der Waals surface area contributed by atoms with E-state index in [0.29, 0.717) is 0 Å². The molecule has 2 aromatic heterocycles. The van der Waals surface area contributed by atoms with Crippen molar-refractivity contribution >= 4 is 50.8 Å². The van der Waals surface area contributed by atoms with Crippen LogP contribution in [0.15, 0.2) is 200 Å². The molecule has 0 spiro atoms. The van der Waals surface area contributed by atoms with Gasteiger partial charge in [0, 0.05) is 38.6 Å². The van der Waals surface area contributed by atoms with Gasteiger partial charge >= 0.3 is 0 Å². The molecule has 12 rings (SSSR count). The van der Waals surface area contributed by atoms with Gasteiger partial charge in [0.05, 0.1) is 22.0 Å². The molecule has 10 aromatic rings. The van der Waals surface area contributed by atoms with Gasteiger partial charge in [-0.05, 0) is 67.6 Å². The summed E-state index contributed by atoms with van der Waals surface area (Å²) in [6, 6.07) is 73.3. The Kier molecular flexibility index (Phi) is 7.29. The predicted molar refractivity (Wildman–Crippen MR) is 247 cm³/mol. The first kappa shape index (κ1) is 33.9. The molecular formula is C55H39N3Si. The van der Waals surface area contributed by atoms with Crippen molar-refractivity contribution in [3.63, 3.8) is 0 Å². The van der Waals surface area contributed by atoms with Crippen molar-refractivity contribution in [2.24, 2.45) is 0 Å². The van der Waals surface area contributed by atoms with E-state index in [2.05, 4.69) is 219 Å². The fourth-order valence-electron chi connectivity index (χ4n) is 10.5. The molecule has 0 fully saturated rings. The monoisotopic (exact) mass is 769 g/mol. The summed E-state index contributed by atoms with van der Waals surface area (Å²) in [6.07, 6.45) is 0. The van der Waals surface area contributed by atoms with Gasteiger partial charge in [-0.15, -0.1) is 0 Å². The van der Waals surface area contributed by atoms with Crippen LogP contribution < -0.4 is 20.9 Å². The van der Waals surface area contributed by atoms with E-state index in [9.17, 15) is 0 Å². The van der Waals surface area contributed by atoms with Crippen LogP contribution in [0.25, 0.3) is 72.4 Å². The molecule has 1 aliphatic heterocycles. The van der Waals surface area contributed by atoms with Crippen molar-refractivity contribution < 1.29 is 0 Å². The second-order valence-electron chi connectivity index (χ2n) is 16.5. The lowest BCUT2D eigenvalue weighted by Crippen LogP contribution is -2.73. The Morgan fingerprint density at radius 2 is 1.10 bits per heavy atom. The normalized spacial score (nSPS) is 14.2. The molecule has 59 heavy (non-hydrogen) atoms. The Morgan fingerprint density at radius 1 is 0.475 bits per heavy atom. The van der Waals surface area contributed by atoms with Crippen LogP contribution in [-0.4, -0.2) is 22.6 Å². The largest absolute Gasteiger partial charge is 0.309 e. The van der Waals surface area contributed by atoms with Crippen molar-refractivity contribution in [2.45, 2.75) is 19.3 Å². The van der Waals surface area contributed by atoms with Gasteiger partial charge in [-0.2, -0.15) is 0 Å². The molecule has 2 aliphatic rings. The second-order valence-corrected chi connectivity index (χ2v) is 20.1. The Balaban J connectivity index is 1.14. The van der Waals surface area contributed by atoms with Crippen LogP contribution in [0.3, 0.4) is 0 Å². The van der Waals surface area contributed by atoms with Crippen molar-refractivity contribution in [1.29, 1.82) is 0 Å². The molecule has 0 unspecified atom stereocenters. The maximum Gasteiger partial charge on any atom is 0.203 e. The highest BCUT2D eigenvalue weighted by atomic mass is 28.3. The standard InChI is InChI=1S/C55H39N3Si/c1-55(2)44-30-15-12-27-41(44)49-45(55)33-34-47-50(49)42-28-13-16-31-46(42)58(47)38-22-18-21-37(35-38)53-56-52(36-19-6-3-7-20-36)51-43-29-14-17-32-48(43)59(54(51)57-53,39-23-8-4-9-24-39)40-25-10-5-11-26-40/h3-35H,1-2H3. The number of hydrogen-bond acceptors (Lipinski definition) is 2. The van der Waals surface area contributed by atoms with E-state index in [1.807, 2.05) is 0 Å². The quantitative estimate of drug-likeness (QED) is 0.163. The highest BCUT2D eigenvalue weighted by Crippen LogP contribution is 2.53. The van der Waals surface area contributed by atoms with Crippen LogP contribution in [-0.2, 0) is 5.41 Å². The molecule has 0 saturated heterocycles. The van der Waals surface area contributed by atoms with Gasteiger partial charge in [0.2, 0.25) is 8.07 Å². The third kappa shape index (κ3) is 4.69. The average molecular weight is 770 g/mol. The first-order valence-electron chi connectivity index (χ1n) is 20.5. The molecule has 1 aliphatic carbocycles. The van der Waals surface area contributed by atoms with Gasteiger partial charge in [-0.3, -0.25) is 0 Å². The summed E-state index contributed by atoms with van der Waals surface area (Å²) in [5.41, 5.74) is 14.3. The lowest BCUT2D eigenvalue weighted by atomic mass is 9.82. The minimum absolute atomic E-state index is 0.0811. The van der Waals surface area contributed by atoms with E-state index in [4.69, 9.17) is 9.97 Å². The number of nitrogens with zero attached hydrogens (tertiary/aromatic N) is 3. The van der Waals surface area contributed by atoms with Gasteiger partial charge in [0.25, 0.3) is 0 Å². The van der Waals surface area contributed by atoms with E-state index < -0.39 is 8.07 Å². The van der Waals surface area contributed by atoms with E-state index in [1.165, 1.54) is 65.2 Å². The molecule has 0 saturated carbocycles. The molecule has 0 atom stereocenters. The molecule has 0 amide bonds. The number of aromatic nitrogens is 3. The molecular weight excluding hydrogens is 731 g/mol. The molecule has 0 bridgehead atoms. The van der Waals surface area contributed by atoms with Crippen LogP contribution in [0.4, 0.5) is 0 Å². The first-order valence-corrected chi connectivity index (χ1v) is 22.5. The summed E-state index contributed by atoms with van der Waals surface area (Å²) in [5.74, 6) is 0.735. The minimum atomic E-state index is -2.90. The predicted octanol–water partition coefficient (Wildman–Crippen LogP) is 10.6. The molecule has 8 aromatic carbocycles. The zero-order chi connectivity index (χ0) is 39.3. The summed E-state index contributed by atoms with van der Waals surface area (Å²) in [6.45, 7) is 4.72. The van der Waals surface area contributed by atoms with E-state index in [0.717, 1.165) is 39.2 Å². The second kappa shape index (κ2) is 12.7. The maximum atomic E-state index is 5.81. The molecule has 4 heteroatoms. The van der Waals surface area contributed by atoms with Gasteiger partial charge < -0.3 is 4.57 Å². The van der Waals surface area contributed by atoms with Crippen LogP contribution in [0.2, 0.25) is 0 Å². The summed E-state index contributed by atoms with van der Waals surface area (Å²) in [5, 5.41) is 7.69. The molecule has 3 heterocycles. The lowest BCUT2D eigenvalue weighted by Gasteiger charge is -2.30. The number of rotatable bonds is 5. The average Bonchev–Trinajstić information content (AvgIpc) is 3.88. The van der Waals surface area contributed by atoms with Crippen LogP contribution >= 0.6 is 0 Å². The lowest BCUT2D eigenvalue weighted by molar-refractivity contribution is 0.661. The van der Waals surface area contributed by atoms with Gasteiger partial charge in [0.1, 0.15) is 0 Å². The summed E-state index contributed by atoms with van der Waals surface area (Å²) in [4.78, 5) is 11.4. The van der Waals surface area contributed by atoms with Crippen molar-refractivity contribution in [2.75, 3.05) is 0 Å². The van der Waals surface area contributed by atoms with Crippen molar-refractivity contribution in [3.8, 4) is 50.6 Å². The molecule has 0 N–H and O–H groups in total. The van der Waals surface area contributed by atoms with E-state index in [1.54, 1.807) is 0 Å². The van der Waals surface area contributed by atoms with Gasteiger partial charge in [-0.1, -0.05) is 190 Å². The molecule has 3 nitrogen and oxygen atoms in total. The number of para-hydroxylation sites is 1. The van der Waals surface area contributed by atoms with Crippen molar-refractivity contribution in [3.05, 3.63) is 211 Å². The fraction of sp³-hybridized carbons (Fsp3) is 0.0545. The minimum Gasteiger partial charge on any atom is -0.309 e. The molecule has 278 valence electrons. The summed E-state index contributed by atoms with van der Waals surface area (Å²) >= 11 is 0. The van der Waals surface area contributed by atoms with Gasteiger partial charge in [-0.25, -0.2) is 9.97 Å². The number of fused-ring (bicyclic) bond motifs is 10. The van der Waals surface area contributed by atoms with Crippen LogP contribution in [0.1, 0.15) is 25.0 Å². The SMILES string of the molecule is CC1(C)c2ccccc2-c2c1ccc1c2c2ccccc2n1-c1cccc(-c2nc(-c3ccccc3)c3c(n2)[Si](c2ccccc2)(c2ccccc2)c2ccccc2-3)c1. The first-order chi connectivity index (χ1) is 29.0. The van der Waals surface area contributed by atoms with Crippen molar-refractivity contribution in [1.82, 2.24) is 14.5 Å². The number of hydrogen-bond donors (Lipinski definition) is 0. The topological polar surface area (TPSA) is 30.7 Å². The van der Waals surface area contributed by atoms with E-state index in [-0.39, 0.29) is 5.41 Å². The fourth-order valence-corrected chi connectivity index (χ4v) is 15.5. The Morgan fingerprint density at radius 3 is 1.86 bits per heavy atom. The van der Waals surface area contributed by atoms with E-state index >= 15 is 0 Å². The van der Waals surface area contributed by atoms with Crippen LogP contribution in [0, 0.1) is 0 Å². The zero-order valence-corrected chi connectivity index (χ0v) is 33.9. The van der Waals surface area contributed by atoms with Crippen LogP contribution in [0.5, 0.6) is 0 Å². The number of benzene rings is 8. The highest BCUT2D eigenvalue weighted by molar-refractivity contribution is 7.21. The third-order valence-electron chi connectivity index (χ3n) is 13.1. The smallest absolute Gasteiger partial charge is 0.203 e. The summed E-state index contributed by atoms with van der Waals surface area (Å²) < 4.78 is 2.44. The Labute approximate surface area is 345 Å². The Hall–Kier alpha value is -7.14. The zero-order valence-electron chi connectivity index (χ0n) is 32.9. The Bertz CT molecular complexity index is 3250. The van der Waals surface area contributed by atoms with Gasteiger partial charge in [0.15, 0.2) is 5.82 Å². The summed E-state index contributed by atoms with van der Waals surface area (Å²) in [7, 11) is -2.90. The highest BCUT2D eigenvalue weighted by Gasteiger charge is 2.51. The molecule has 0 radical (unpaired) electrons. The maximum absolute atomic E-state index is 5.81.